The van der Waals surface area contributed by atoms with Crippen LogP contribution in [0.25, 0.3) is 0 Å². The van der Waals surface area contributed by atoms with E-state index < -0.39 is 53.7 Å². The highest BCUT2D eigenvalue weighted by Gasteiger charge is 2.34. The Morgan fingerprint density at radius 1 is 1.06 bits per heavy atom. The van der Waals surface area contributed by atoms with Gasteiger partial charge < -0.3 is 35.4 Å². The first kappa shape index (κ1) is 39.3. The number of hydrogen-bond donors (Lipinski definition) is 3. The van der Waals surface area contributed by atoms with E-state index >= 15 is 0 Å². The summed E-state index contributed by atoms with van der Waals surface area (Å²) in [5.41, 5.74) is 6.70. The van der Waals surface area contributed by atoms with Crippen LogP contribution in [0.3, 0.4) is 0 Å². The molecule has 2 bridgehead atoms. The average molecular weight is 691 g/mol. The molecule has 0 saturated heterocycles. The van der Waals surface area contributed by atoms with Crippen LogP contribution in [0.4, 0.5) is 4.79 Å². The molecule has 13 heteroatoms. The molecule has 1 heterocycles. The van der Waals surface area contributed by atoms with Gasteiger partial charge in [-0.15, -0.1) is 0 Å². The zero-order valence-electron chi connectivity index (χ0n) is 29.5. The van der Waals surface area contributed by atoms with Gasteiger partial charge in [0.05, 0.1) is 23.2 Å². The summed E-state index contributed by atoms with van der Waals surface area (Å²) >= 11 is 0. The van der Waals surface area contributed by atoms with E-state index in [0.29, 0.717) is 23.3 Å². The summed E-state index contributed by atoms with van der Waals surface area (Å²) in [6.07, 6.45) is 4.47. The maximum atomic E-state index is 14.0. The molecule has 3 amide bonds. The highest BCUT2D eigenvalue weighted by atomic mass is 16.6. The molecule has 3 rings (SSSR count). The first-order valence-corrected chi connectivity index (χ1v) is 16.3. The van der Waals surface area contributed by atoms with Crippen LogP contribution in [0.15, 0.2) is 94.0 Å². The van der Waals surface area contributed by atoms with Crippen molar-refractivity contribution < 1.29 is 43.0 Å². The van der Waals surface area contributed by atoms with Crippen molar-refractivity contribution >= 4 is 35.2 Å². The summed E-state index contributed by atoms with van der Waals surface area (Å²) in [6.45, 7) is 9.12. The van der Waals surface area contributed by atoms with Gasteiger partial charge in [-0.25, -0.2) is 4.79 Å². The van der Waals surface area contributed by atoms with Crippen molar-refractivity contribution in [3.8, 4) is 0 Å². The van der Waals surface area contributed by atoms with Gasteiger partial charge in [-0.05, 0) is 57.2 Å². The third kappa shape index (κ3) is 10.4. The molecule has 0 unspecified atom stereocenters. The second-order valence-corrected chi connectivity index (χ2v) is 12.1. The van der Waals surface area contributed by atoms with Gasteiger partial charge in [0.1, 0.15) is 12.7 Å². The number of nitrogens with one attached hydrogen (secondary N) is 2. The molecule has 0 saturated carbocycles. The topological polar surface area (TPSA) is 185 Å². The van der Waals surface area contributed by atoms with Gasteiger partial charge in [0.2, 0.25) is 11.6 Å². The summed E-state index contributed by atoms with van der Waals surface area (Å²) in [7, 11) is 2.96. The van der Waals surface area contributed by atoms with Crippen LogP contribution >= 0.6 is 0 Å². The van der Waals surface area contributed by atoms with Gasteiger partial charge in [0.15, 0.2) is 6.10 Å². The second-order valence-electron chi connectivity index (χ2n) is 12.1. The van der Waals surface area contributed by atoms with Gasteiger partial charge in [-0.2, -0.15) is 0 Å². The lowest BCUT2D eigenvalue weighted by Crippen LogP contribution is -2.38. The second kappa shape index (κ2) is 18.6. The number of rotatable bonds is 7. The lowest BCUT2D eigenvalue weighted by atomic mass is 9.85. The summed E-state index contributed by atoms with van der Waals surface area (Å²) < 4.78 is 17.0. The van der Waals surface area contributed by atoms with Gasteiger partial charge in [-0.1, -0.05) is 61.5 Å². The minimum absolute atomic E-state index is 0.0420. The predicted octanol–water partition coefficient (Wildman–Crippen LogP) is 4.22. The molecule has 0 spiro atoms. The summed E-state index contributed by atoms with van der Waals surface area (Å²) in [5.74, 6) is -3.16. The quantitative estimate of drug-likeness (QED) is 0.214. The Morgan fingerprint density at radius 2 is 1.76 bits per heavy atom. The number of ether oxygens (including phenoxy) is 3. The van der Waals surface area contributed by atoms with Crippen molar-refractivity contribution in [2.75, 3.05) is 20.8 Å². The van der Waals surface area contributed by atoms with Gasteiger partial charge in [0, 0.05) is 42.9 Å². The number of carbonyl (C=O) groups excluding carboxylic acids is 5. The van der Waals surface area contributed by atoms with Crippen molar-refractivity contribution in [2.24, 2.45) is 22.7 Å². The number of Topliss-reactive ketones (excluding diaryl/α,β-unsaturated/α-hetero) is 1. The molecule has 268 valence electrons. The molecule has 4 N–H and O–H groups in total. The van der Waals surface area contributed by atoms with E-state index in [0.717, 1.165) is 6.08 Å². The molecule has 2 aliphatic rings. The molecule has 0 aromatic heterocycles. The molecule has 5 atom stereocenters. The molecule has 0 radical (unpaired) electrons. The maximum Gasteiger partial charge on any atom is 0.405 e. The first-order chi connectivity index (χ1) is 23.8. The Hall–Kier alpha value is -5.14. The number of benzene rings is 1. The van der Waals surface area contributed by atoms with Crippen molar-refractivity contribution in [3.63, 3.8) is 0 Å². The van der Waals surface area contributed by atoms with Gasteiger partial charge in [-0.3, -0.25) is 19.2 Å². The van der Waals surface area contributed by atoms with Crippen LogP contribution in [0, 0.1) is 11.8 Å². The summed E-state index contributed by atoms with van der Waals surface area (Å²) in [6, 6.07) is 8.30. The Morgan fingerprint density at radius 3 is 2.38 bits per heavy atom. The Bertz CT molecular complexity index is 1640. The fourth-order valence-corrected chi connectivity index (χ4v) is 5.63. The van der Waals surface area contributed by atoms with E-state index in [-0.39, 0.29) is 41.5 Å². The Balaban J connectivity index is 2.17. The number of hydrogen-bond acceptors (Lipinski definition) is 10. The number of oxime groups is 1. The van der Waals surface area contributed by atoms with Crippen LogP contribution in [-0.4, -0.2) is 74.3 Å². The SMILES string of the molecule is CCON=C1[C@@H](OC)C[C@H](C)CC2=C(NC(=O)c3ccccc3)C(=O)C=C(NC(=O)/C(C)=C/C=C\[C@H](OC)[C@@H](OC(N)=O)/C(C)=C/[C@@H]1C)C2=O. The number of amides is 3. The van der Waals surface area contributed by atoms with Crippen LogP contribution < -0.4 is 16.4 Å². The summed E-state index contributed by atoms with van der Waals surface area (Å²) in [5, 5.41) is 9.57. The average Bonchev–Trinajstić information content (AvgIpc) is 3.08. The maximum absolute atomic E-state index is 14.0. The van der Waals surface area contributed by atoms with E-state index in [4.69, 9.17) is 24.8 Å². The standard InChI is InChI=1S/C37H46N4O9/c1-8-49-41-31-23(4)19-24(5)34(50-37(38)46)29(47-6)16-12-13-22(3)35(44)39-27-20-28(42)32(40-36(45)25-14-10-9-11-15-25)26(33(27)43)17-21(2)18-30(31)48-7/h9-16,19-21,23,29-30,34H,8,17-18H2,1-7H3,(H2,38,46)(H,39,44)(H,40,45)/b16-12-,22-13+,24-19+,41-31?/t21-,23+,29+,30+,34+/m1/s1. The Kier molecular flexibility index (Phi) is 14.6. The zero-order valence-corrected chi connectivity index (χ0v) is 29.5. The van der Waals surface area contributed by atoms with Crippen LogP contribution in [-0.2, 0) is 33.4 Å². The molecule has 1 aliphatic carbocycles. The number of primary amides is 1. The van der Waals surface area contributed by atoms with Crippen LogP contribution in [0.2, 0.25) is 0 Å². The highest BCUT2D eigenvalue weighted by molar-refractivity contribution is 6.24. The number of fused-ring (bicyclic) bond motifs is 2. The summed E-state index contributed by atoms with van der Waals surface area (Å²) in [4.78, 5) is 71.2. The van der Waals surface area contributed by atoms with Crippen molar-refractivity contribution in [1.29, 1.82) is 0 Å². The molecule has 50 heavy (non-hydrogen) atoms. The van der Waals surface area contributed by atoms with Crippen LogP contribution in [0.1, 0.15) is 57.8 Å². The minimum Gasteiger partial charge on any atom is -0.439 e. The van der Waals surface area contributed by atoms with E-state index in [9.17, 15) is 24.0 Å². The normalized spacial score (nSPS) is 27.7. The smallest absolute Gasteiger partial charge is 0.405 e. The number of nitrogens with two attached hydrogens (primary N) is 1. The number of nitrogens with zero attached hydrogens (tertiary/aromatic N) is 1. The lowest BCUT2D eigenvalue weighted by molar-refractivity contribution is -0.120. The zero-order chi connectivity index (χ0) is 37.0. The first-order valence-electron chi connectivity index (χ1n) is 16.3. The van der Waals surface area contributed by atoms with Crippen LogP contribution in [0.5, 0.6) is 0 Å². The van der Waals surface area contributed by atoms with Crippen molar-refractivity contribution in [2.45, 2.75) is 65.8 Å². The molecule has 0 fully saturated rings. The minimum atomic E-state index is -1.01. The van der Waals surface area contributed by atoms with E-state index in [1.165, 1.54) is 27.2 Å². The molecule has 1 aromatic carbocycles. The number of methoxy groups -OCH3 is 2. The molecule has 1 aliphatic heterocycles. The third-order valence-electron chi connectivity index (χ3n) is 8.19. The number of ketones is 2. The van der Waals surface area contributed by atoms with E-state index in [1.807, 2.05) is 19.9 Å². The Labute approximate surface area is 292 Å². The third-order valence-corrected chi connectivity index (χ3v) is 8.19. The van der Waals surface area contributed by atoms with Gasteiger partial charge in [0.25, 0.3) is 11.8 Å². The monoisotopic (exact) mass is 690 g/mol. The highest BCUT2D eigenvalue weighted by Crippen LogP contribution is 2.28. The molecular formula is C37H46N4O9. The van der Waals surface area contributed by atoms with E-state index in [2.05, 4.69) is 15.8 Å². The van der Waals surface area contributed by atoms with Gasteiger partial charge >= 0.3 is 6.09 Å². The van der Waals surface area contributed by atoms with Crippen molar-refractivity contribution in [1.82, 2.24) is 10.6 Å². The number of carbonyl (C=O) groups is 5. The van der Waals surface area contributed by atoms with E-state index in [1.54, 1.807) is 56.3 Å². The predicted molar refractivity (Wildman–Crippen MR) is 187 cm³/mol. The lowest BCUT2D eigenvalue weighted by Gasteiger charge is -2.27. The van der Waals surface area contributed by atoms with Crippen molar-refractivity contribution in [3.05, 3.63) is 94.4 Å². The molecular weight excluding hydrogens is 644 g/mol. The fraction of sp³-hybridized carbons (Fsp3) is 0.405. The molecule has 1 aromatic rings. The fourth-order valence-electron chi connectivity index (χ4n) is 5.63. The molecule has 13 nitrogen and oxygen atoms in total. The largest absolute Gasteiger partial charge is 0.439 e. The number of allylic oxidation sites excluding steroid dienone is 5.